The van der Waals surface area contributed by atoms with Crippen LogP contribution < -0.4 is 4.74 Å². The van der Waals surface area contributed by atoms with E-state index < -0.39 is 15.8 Å². The van der Waals surface area contributed by atoms with Gasteiger partial charge in [0.25, 0.3) is 0 Å². The molecule has 0 N–H and O–H groups in total. The van der Waals surface area contributed by atoms with Crippen LogP contribution in [-0.4, -0.2) is 38.2 Å². The molecule has 1 aliphatic heterocycles. The molecule has 2 aromatic carbocycles. The van der Waals surface area contributed by atoms with Gasteiger partial charge in [0.15, 0.2) is 0 Å². The van der Waals surface area contributed by atoms with Crippen LogP contribution in [0.2, 0.25) is 0 Å². The molecule has 0 saturated carbocycles. The van der Waals surface area contributed by atoms with Crippen LogP contribution in [-0.2, 0) is 10.0 Å². The predicted molar refractivity (Wildman–Crippen MR) is 90.6 cm³/mol. The van der Waals surface area contributed by atoms with Gasteiger partial charge in [0, 0.05) is 18.7 Å². The lowest BCUT2D eigenvalue weighted by atomic mass is 10.1. The Bertz CT molecular complexity index is 826. The topological polar surface area (TPSA) is 63.7 Å². The van der Waals surface area contributed by atoms with E-state index in [-0.39, 0.29) is 11.0 Å². The van der Waals surface area contributed by atoms with Crippen molar-refractivity contribution in [3.05, 3.63) is 59.9 Å². The van der Waals surface area contributed by atoms with Crippen LogP contribution in [0.3, 0.4) is 0 Å². The second kappa shape index (κ2) is 7.33. The van der Waals surface area contributed by atoms with Crippen molar-refractivity contribution in [2.24, 2.45) is 0 Å². The van der Waals surface area contributed by atoms with Gasteiger partial charge in [0.05, 0.1) is 4.90 Å². The fourth-order valence-electron chi connectivity index (χ4n) is 2.76. The summed E-state index contributed by atoms with van der Waals surface area (Å²) in [6, 6.07) is 11.7. The maximum atomic E-state index is 13.0. The fourth-order valence-corrected chi connectivity index (χ4v) is 4.23. The maximum absolute atomic E-state index is 13.0. The first-order valence-electron chi connectivity index (χ1n) is 7.96. The number of aldehydes is 1. The minimum atomic E-state index is -3.61. The van der Waals surface area contributed by atoms with Crippen molar-refractivity contribution in [3.63, 3.8) is 0 Å². The molecule has 1 aliphatic rings. The third kappa shape index (κ3) is 4.05. The number of benzene rings is 2. The minimum Gasteiger partial charge on any atom is -0.490 e. The molecule has 7 heteroatoms. The number of sulfonamides is 1. The molecule has 0 unspecified atom stereocenters. The molecule has 2 aromatic rings. The number of carbonyl (C=O) groups is 1. The van der Waals surface area contributed by atoms with Gasteiger partial charge in [-0.15, -0.1) is 0 Å². The molecule has 1 heterocycles. The van der Waals surface area contributed by atoms with Gasteiger partial charge in [-0.05, 0) is 61.4 Å². The number of halogens is 1. The Labute approximate surface area is 146 Å². The average Bonchev–Trinajstić information content (AvgIpc) is 2.63. The standard InChI is InChI=1S/C18H18FNO4S/c19-15-3-7-18(8-4-15)25(22,23)20-11-9-17(10-12-20)24-16-5-1-14(13-21)2-6-16/h1-8,13,17H,9-12H2. The summed E-state index contributed by atoms with van der Waals surface area (Å²) in [5.74, 6) is 0.192. The molecule has 1 fully saturated rings. The highest BCUT2D eigenvalue weighted by atomic mass is 32.2. The van der Waals surface area contributed by atoms with Crippen LogP contribution in [0.25, 0.3) is 0 Å². The summed E-state index contributed by atoms with van der Waals surface area (Å²) >= 11 is 0. The highest BCUT2D eigenvalue weighted by Gasteiger charge is 2.30. The Hall–Kier alpha value is -2.25. The summed E-state index contributed by atoms with van der Waals surface area (Å²) < 4.78 is 45.4. The molecule has 25 heavy (non-hydrogen) atoms. The minimum absolute atomic E-state index is 0.0817. The van der Waals surface area contributed by atoms with Crippen molar-refractivity contribution in [2.45, 2.75) is 23.8 Å². The van der Waals surface area contributed by atoms with E-state index in [0.717, 1.165) is 18.4 Å². The number of nitrogens with zero attached hydrogens (tertiary/aromatic N) is 1. The molecule has 5 nitrogen and oxygen atoms in total. The average molecular weight is 363 g/mol. The molecule has 1 saturated heterocycles. The molecule has 0 spiro atoms. The van der Waals surface area contributed by atoms with Gasteiger partial charge >= 0.3 is 0 Å². The third-order valence-corrected chi connectivity index (χ3v) is 6.08. The third-order valence-electron chi connectivity index (χ3n) is 4.17. The van der Waals surface area contributed by atoms with Crippen molar-refractivity contribution >= 4 is 16.3 Å². The zero-order chi connectivity index (χ0) is 17.9. The molecule has 0 amide bonds. The number of ether oxygens (including phenoxy) is 1. The van der Waals surface area contributed by atoms with Gasteiger partial charge in [-0.1, -0.05) is 0 Å². The molecule has 3 rings (SSSR count). The van der Waals surface area contributed by atoms with Crippen molar-refractivity contribution in [1.82, 2.24) is 4.31 Å². The van der Waals surface area contributed by atoms with Gasteiger partial charge in [-0.2, -0.15) is 4.31 Å². The number of piperidine rings is 1. The Balaban J connectivity index is 1.61. The molecular weight excluding hydrogens is 345 g/mol. The molecule has 0 aliphatic carbocycles. The molecule has 0 radical (unpaired) electrons. The predicted octanol–water partition coefficient (Wildman–Crippen LogP) is 2.87. The van der Waals surface area contributed by atoms with Gasteiger partial charge in [-0.3, -0.25) is 4.79 Å². The van der Waals surface area contributed by atoms with Crippen LogP contribution in [0.1, 0.15) is 23.2 Å². The highest BCUT2D eigenvalue weighted by molar-refractivity contribution is 7.89. The second-order valence-corrected chi connectivity index (χ2v) is 7.80. The molecule has 0 bridgehead atoms. The summed E-state index contributed by atoms with van der Waals surface area (Å²) in [6.07, 6.45) is 1.82. The van der Waals surface area contributed by atoms with Gasteiger partial charge < -0.3 is 4.74 Å². The van der Waals surface area contributed by atoms with Crippen molar-refractivity contribution in [2.75, 3.05) is 13.1 Å². The summed E-state index contributed by atoms with van der Waals surface area (Å²) in [4.78, 5) is 10.7. The maximum Gasteiger partial charge on any atom is 0.243 e. The second-order valence-electron chi connectivity index (χ2n) is 5.86. The summed E-state index contributed by atoms with van der Waals surface area (Å²) in [6.45, 7) is 0.688. The first kappa shape index (κ1) is 17.6. The van der Waals surface area contributed by atoms with E-state index in [1.54, 1.807) is 24.3 Å². The van der Waals surface area contributed by atoms with E-state index >= 15 is 0 Å². The first-order chi connectivity index (χ1) is 12.0. The van der Waals surface area contributed by atoms with Crippen LogP contribution in [0, 0.1) is 5.82 Å². The largest absolute Gasteiger partial charge is 0.490 e. The zero-order valence-electron chi connectivity index (χ0n) is 13.5. The molecule has 0 aromatic heterocycles. The van der Waals surface area contributed by atoms with Crippen LogP contribution >= 0.6 is 0 Å². The van der Waals surface area contributed by atoms with E-state index in [9.17, 15) is 17.6 Å². The first-order valence-corrected chi connectivity index (χ1v) is 9.40. The van der Waals surface area contributed by atoms with Gasteiger partial charge in [-0.25, -0.2) is 12.8 Å². The van der Waals surface area contributed by atoms with E-state index in [1.807, 2.05) is 0 Å². The Morgan fingerprint density at radius 2 is 1.60 bits per heavy atom. The van der Waals surface area contributed by atoms with Crippen LogP contribution in [0.4, 0.5) is 4.39 Å². The van der Waals surface area contributed by atoms with E-state index in [4.69, 9.17) is 4.74 Å². The van der Waals surface area contributed by atoms with Crippen molar-refractivity contribution in [1.29, 1.82) is 0 Å². The zero-order valence-corrected chi connectivity index (χ0v) is 14.3. The van der Waals surface area contributed by atoms with E-state index in [0.29, 0.717) is 37.2 Å². The monoisotopic (exact) mass is 363 g/mol. The fraction of sp³-hybridized carbons (Fsp3) is 0.278. The van der Waals surface area contributed by atoms with Crippen molar-refractivity contribution < 1.29 is 22.3 Å². The quantitative estimate of drug-likeness (QED) is 0.767. The highest BCUT2D eigenvalue weighted by Crippen LogP contribution is 2.24. The lowest BCUT2D eigenvalue weighted by Crippen LogP contribution is -2.41. The van der Waals surface area contributed by atoms with E-state index in [2.05, 4.69) is 0 Å². The van der Waals surface area contributed by atoms with Gasteiger partial charge in [0.1, 0.15) is 24.0 Å². The summed E-state index contributed by atoms with van der Waals surface area (Å²) in [5.41, 5.74) is 0.576. The number of carbonyl (C=O) groups excluding carboxylic acids is 1. The molecule has 132 valence electrons. The SMILES string of the molecule is O=Cc1ccc(OC2CCN(S(=O)(=O)c3ccc(F)cc3)CC2)cc1. The summed E-state index contributed by atoms with van der Waals surface area (Å²) in [7, 11) is -3.61. The smallest absolute Gasteiger partial charge is 0.243 e. The number of rotatable bonds is 5. The summed E-state index contributed by atoms with van der Waals surface area (Å²) in [5, 5.41) is 0. The Morgan fingerprint density at radius 3 is 2.16 bits per heavy atom. The Kier molecular flexibility index (Phi) is 5.15. The lowest BCUT2D eigenvalue weighted by Gasteiger charge is -2.31. The Morgan fingerprint density at radius 1 is 1.00 bits per heavy atom. The number of hydrogen-bond acceptors (Lipinski definition) is 4. The molecular formula is C18H18FNO4S. The van der Waals surface area contributed by atoms with Crippen LogP contribution in [0.5, 0.6) is 5.75 Å². The lowest BCUT2D eigenvalue weighted by molar-refractivity contribution is 0.112. The van der Waals surface area contributed by atoms with Gasteiger partial charge in [0.2, 0.25) is 10.0 Å². The van der Waals surface area contributed by atoms with Crippen LogP contribution in [0.15, 0.2) is 53.4 Å². The van der Waals surface area contributed by atoms with Crippen molar-refractivity contribution in [3.8, 4) is 5.75 Å². The van der Waals surface area contributed by atoms with E-state index in [1.165, 1.54) is 16.4 Å². The number of hydrogen-bond donors (Lipinski definition) is 0. The molecule has 0 atom stereocenters. The normalized spacial score (nSPS) is 16.5.